The van der Waals surface area contributed by atoms with E-state index < -0.39 is 17.3 Å². The number of carbonyl (C=O) groups excluding carboxylic acids is 5. The molecule has 0 aromatic heterocycles. The van der Waals surface area contributed by atoms with Crippen molar-refractivity contribution in [1.82, 2.24) is 0 Å². The monoisotopic (exact) mass is 398 g/mol. The summed E-state index contributed by atoms with van der Waals surface area (Å²) < 4.78 is 0. The maximum absolute atomic E-state index is 12.6. The summed E-state index contributed by atoms with van der Waals surface area (Å²) in [5, 5.41) is -0.348. The Bertz CT molecular complexity index is 1470. The molecule has 0 aliphatic rings. The standard InChI is InChI=1S/C23H11O5P/c24-12-17-11-23(22(15-27)21(14-26)20(17)13-25)29(16-28,18-7-3-1-4-8-18)19-9-5-2-6-10-19/h1-11H. The highest BCUT2D eigenvalue weighted by Gasteiger charge is 2.29. The largest absolute Gasteiger partial charge is 0.233 e. The van der Waals surface area contributed by atoms with E-state index in [9.17, 15) is 24.0 Å². The van der Waals surface area contributed by atoms with E-state index in [0.29, 0.717) is 10.6 Å². The second-order valence-electron chi connectivity index (χ2n) is 5.91. The van der Waals surface area contributed by atoms with Gasteiger partial charge >= 0.3 is 0 Å². The molecule has 0 unspecified atom stereocenters. The van der Waals surface area contributed by atoms with Crippen LogP contribution in [-0.2, 0) is 24.0 Å². The number of benzene rings is 3. The molecule has 0 aliphatic carbocycles. The maximum atomic E-state index is 12.6. The first kappa shape index (κ1) is 19.7. The molecule has 3 aromatic rings. The molecule has 0 atom stereocenters. The van der Waals surface area contributed by atoms with Crippen LogP contribution in [-0.4, -0.2) is 29.4 Å². The van der Waals surface area contributed by atoms with Gasteiger partial charge in [0.25, 0.3) is 0 Å². The van der Waals surface area contributed by atoms with Crippen molar-refractivity contribution in [2.45, 2.75) is 0 Å². The highest BCUT2D eigenvalue weighted by Crippen LogP contribution is 2.40. The minimum atomic E-state index is -3.25. The van der Waals surface area contributed by atoms with Gasteiger partial charge in [-0.3, -0.25) is 0 Å². The molecule has 0 amide bonds. The quantitative estimate of drug-likeness (QED) is 0.441. The predicted octanol–water partition coefficient (Wildman–Crippen LogP) is -2.94. The molecule has 0 saturated carbocycles. The van der Waals surface area contributed by atoms with Gasteiger partial charge in [0, 0.05) is 5.30 Å². The molecule has 0 aliphatic heterocycles. The zero-order chi connectivity index (χ0) is 20.9. The van der Waals surface area contributed by atoms with Crippen LogP contribution in [0.3, 0.4) is 0 Å². The second kappa shape index (κ2) is 8.34. The summed E-state index contributed by atoms with van der Waals surface area (Å²) >= 11 is 0. The van der Waals surface area contributed by atoms with Gasteiger partial charge in [0.2, 0.25) is 0 Å². The smallest absolute Gasteiger partial charge is 0.135 e. The molecule has 3 rings (SSSR count). The first-order valence-corrected chi connectivity index (χ1v) is 10.1. The van der Waals surface area contributed by atoms with Gasteiger partial charge in [-0.25, -0.2) is 24.0 Å². The van der Waals surface area contributed by atoms with Gasteiger partial charge in [-0.2, -0.15) is 0 Å². The molecular weight excluding hydrogens is 387 g/mol. The van der Waals surface area contributed by atoms with Gasteiger partial charge in [-0.05, 0) is 16.7 Å². The Morgan fingerprint density at radius 3 is 1.41 bits per heavy atom. The van der Waals surface area contributed by atoms with Crippen LogP contribution in [0.1, 0.15) is 0 Å². The molecule has 0 heterocycles. The van der Waals surface area contributed by atoms with Gasteiger partial charge in [-0.1, -0.05) is 60.7 Å². The summed E-state index contributed by atoms with van der Waals surface area (Å²) in [7, 11) is 0. The summed E-state index contributed by atoms with van der Waals surface area (Å²) in [4.78, 5) is 58.8. The Labute approximate surface area is 164 Å². The Morgan fingerprint density at radius 1 is 0.552 bits per heavy atom. The summed E-state index contributed by atoms with van der Waals surface area (Å²) in [5.41, 5.74) is 2.10. The molecule has 0 radical (unpaired) electrons. The fourth-order valence-electron chi connectivity index (χ4n) is 3.21. The topological polar surface area (TPSA) is 85.3 Å². The van der Waals surface area contributed by atoms with Crippen molar-refractivity contribution in [1.29, 1.82) is 0 Å². The van der Waals surface area contributed by atoms with Crippen molar-refractivity contribution >= 4 is 52.2 Å². The molecule has 5 nitrogen and oxygen atoms in total. The van der Waals surface area contributed by atoms with Gasteiger partial charge in [0.15, 0.2) is 0 Å². The van der Waals surface area contributed by atoms with Crippen molar-refractivity contribution in [3.05, 3.63) is 87.6 Å². The van der Waals surface area contributed by atoms with E-state index in [4.69, 9.17) is 0 Å². The predicted molar refractivity (Wildman–Crippen MR) is 109 cm³/mol. The molecule has 0 fully saturated rings. The SMILES string of the molecule is O=C=c1cc(P(=C=O)(c2ccccc2)c2ccccc2)c(=C=O)c(=C=O)c1=C=O. The van der Waals surface area contributed by atoms with Crippen LogP contribution < -0.4 is 36.8 Å². The molecular formula is C23H11O5P. The maximum Gasteiger partial charge on any atom is 0.135 e. The van der Waals surface area contributed by atoms with E-state index in [2.05, 4.69) is 5.66 Å². The summed E-state index contributed by atoms with van der Waals surface area (Å²) in [6.07, 6.45) is 0. The van der Waals surface area contributed by atoms with Crippen LogP contribution in [0.25, 0.3) is 0 Å². The van der Waals surface area contributed by atoms with Crippen LogP contribution >= 0.6 is 6.89 Å². The third kappa shape index (κ3) is 3.12. The first-order valence-electron chi connectivity index (χ1n) is 8.31. The van der Waals surface area contributed by atoms with Gasteiger partial charge in [-0.15, -0.1) is 0 Å². The Morgan fingerprint density at radius 2 is 1.03 bits per heavy atom. The van der Waals surface area contributed by atoms with E-state index in [0.717, 1.165) is 0 Å². The average molecular weight is 398 g/mol. The summed E-state index contributed by atoms with van der Waals surface area (Å²) in [5.74, 6) is 6.22. The molecule has 0 N–H and O–H groups in total. The van der Waals surface area contributed by atoms with E-state index in [-0.39, 0.29) is 15.7 Å². The fourth-order valence-corrected chi connectivity index (χ4v) is 6.43. The van der Waals surface area contributed by atoms with Crippen molar-refractivity contribution in [3.63, 3.8) is 0 Å². The molecule has 0 spiro atoms. The van der Waals surface area contributed by atoms with Gasteiger partial charge in [0.1, 0.15) is 29.4 Å². The van der Waals surface area contributed by atoms with Crippen LogP contribution in [0.5, 0.6) is 0 Å². The van der Waals surface area contributed by atoms with Crippen LogP contribution in [0.4, 0.5) is 0 Å². The van der Waals surface area contributed by atoms with Crippen molar-refractivity contribution in [2.75, 3.05) is 0 Å². The van der Waals surface area contributed by atoms with Crippen molar-refractivity contribution < 1.29 is 24.0 Å². The highest BCUT2D eigenvalue weighted by atomic mass is 31.2. The average Bonchev–Trinajstić information content (AvgIpc) is 2.80. The summed E-state index contributed by atoms with van der Waals surface area (Å²) in [6.45, 7) is -3.25. The molecule has 6 heteroatoms. The minimum absolute atomic E-state index is 0.0793. The number of rotatable bonds is 3. The lowest BCUT2D eigenvalue weighted by molar-refractivity contribution is 0.561. The van der Waals surface area contributed by atoms with E-state index >= 15 is 0 Å². The van der Waals surface area contributed by atoms with Crippen molar-refractivity contribution in [2.24, 2.45) is 0 Å². The van der Waals surface area contributed by atoms with Crippen molar-refractivity contribution in [3.8, 4) is 0 Å². The zero-order valence-corrected chi connectivity index (χ0v) is 15.7. The van der Waals surface area contributed by atoms with Crippen LogP contribution in [0, 0.1) is 0 Å². The number of hydrogen-bond acceptors (Lipinski definition) is 5. The lowest BCUT2D eigenvalue weighted by atomic mass is 10.2. The van der Waals surface area contributed by atoms with E-state index in [1.165, 1.54) is 17.9 Å². The molecule has 29 heavy (non-hydrogen) atoms. The first-order chi connectivity index (χ1) is 14.2. The number of hydrogen-bond donors (Lipinski definition) is 0. The second-order valence-corrected chi connectivity index (χ2v) is 8.95. The van der Waals surface area contributed by atoms with Gasteiger partial charge in [0.05, 0.1) is 27.8 Å². The Kier molecular flexibility index (Phi) is 5.68. The third-order valence-corrected chi connectivity index (χ3v) is 8.00. The van der Waals surface area contributed by atoms with E-state index in [1.807, 2.05) is 0 Å². The minimum Gasteiger partial charge on any atom is -0.233 e. The van der Waals surface area contributed by atoms with Crippen LogP contribution in [0.15, 0.2) is 66.7 Å². The van der Waals surface area contributed by atoms with Crippen LogP contribution in [0.2, 0.25) is 0 Å². The van der Waals surface area contributed by atoms with E-state index in [1.54, 1.807) is 72.5 Å². The molecule has 0 saturated heterocycles. The lowest BCUT2D eigenvalue weighted by Crippen LogP contribution is -2.58. The summed E-state index contributed by atoms with van der Waals surface area (Å²) in [6, 6.07) is 18.5. The molecule has 0 bridgehead atoms. The highest BCUT2D eigenvalue weighted by molar-refractivity contribution is 7.93. The lowest BCUT2D eigenvalue weighted by Gasteiger charge is -2.23. The zero-order valence-electron chi connectivity index (χ0n) is 14.8. The van der Waals surface area contributed by atoms with Gasteiger partial charge < -0.3 is 0 Å². The molecule has 138 valence electrons. The fraction of sp³-hybridized carbons (Fsp3) is 0. The normalized spacial score (nSPS) is 10.1. The Hall–Kier alpha value is -4.01. The Balaban J connectivity index is 2.79. The third-order valence-electron chi connectivity index (χ3n) is 4.51. The molecule has 3 aromatic carbocycles.